The first-order valence-electron chi connectivity index (χ1n) is 10.1. The Morgan fingerprint density at radius 1 is 1.10 bits per heavy atom. The van der Waals surface area contributed by atoms with E-state index in [-0.39, 0.29) is 10.9 Å². The number of nitrogens with zero attached hydrogens (tertiary/aromatic N) is 2. The second kappa shape index (κ2) is 8.95. The number of pyridine rings is 2. The molecule has 3 rings (SSSR count). The van der Waals surface area contributed by atoms with Crippen LogP contribution in [0.3, 0.4) is 0 Å². The molecule has 0 radical (unpaired) electrons. The molecule has 0 aliphatic heterocycles. The first kappa shape index (κ1) is 21.3. The molecule has 1 aromatic carbocycles. The summed E-state index contributed by atoms with van der Waals surface area (Å²) in [5.41, 5.74) is 10.5. The summed E-state index contributed by atoms with van der Waals surface area (Å²) in [5.74, 6) is 0. The molecule has 0 fully saturated rings. The van der Waals surface area contributed by atoms with E-state index in [0.29, 0.717) is 12.2 Å². The van der Waals surface area contributed by atoms with E-state index in [1.54, 1.807) is 18.6 Å². The topological polar surface area (TPSA) is 96.8 Å². The molecule has 3 aromatic rings. The van der Waals surface area contributed by atoms with Gasteiger partial charge in [-0.3, -0.25) is 15.0 Å². The Morgan fingerprint density at radius 2 is 1.77 bits per heavy atom. The number of nitrogens with one attached hydrogen (secondary N) is 2. The fourth-order valence-electron chi connectivity index (χ4n) is 3.29. The number of rotatable bonds is 6. The number of carbonyl (C=O) groups is 1. The molecule has 1 amide bonds. The number of aryl methyl sites for hydroxylation is 1. The highest BCUT2D eigenvalue weighted by molar-refractivity contribution is 5.78. The molecule has 0 atom stereocenters. The fraction of sp³-hybridized carbons (Fsp3) is 0.292. The van der Waals surface area contributed by atoms with Gasteiger partial charge in [0.25, 0.3) is 0 Å². The zero-order chi connectivity index (χ0) is 21.7. The van der Waals surface area contributed by atoms with Gasteiger partial charge < -0.3 is 11.1 Å². The van der Waals surface area contributed by atoms with Crippen molar-refractivity contribution in [1.82, 2.24) is 9.55 Å². The van der Waals surface area contributed by atoms with Crippen molar-refractivity contribution in [3.63, 3.8) is 0 Å². The van der Waals surface area contributed by atoms with Crippen molar-refractivity contribution >= 4 is 11.7 Å². The normalized spacial score (nSPS) is 11.3. The second-order valence-corrected chi connectivity index (χ2v) is 8.41. The highest BCUT2D eigenvalue weighted by Gasteiger charge is 2.14. The van der Waals surface area contributed by atoms with Gasteiger partial charge in [0.1, 0.15) is 0 Å². The zero-order valence-corrected chi connectivity index (χ0v) is 17.8. The SMILES string of the molecule is CC(C)(C)c1ccc(-c2cc(NCCCc3ccncc3)c(=N)n(C(N)=O)c2)cc1. The zero-order valence-electron chi connectivity index (χ0n) is 17.8. The summed E-state index contributed by atoms with van der Waals surface area (Å²) < 4.78 is 1.18. The first-order valence-corrected chi connectivity index (χ1v) is 10.1. The largest absolute Gasteiger partial charge is 0.382 e. The molecule has 4 N–H and O–H groups in total. The van der Waals surface area contributed by atoms with Crippen LogP contribution in [0.15, 0.2) is 61.1 Å². The van der Waals surface area contributed by atoms with Crippen LogP contribution in [-0.4, -0.2) is 22.1 Å². The van der Waals surface area contributed by atoms with Crippen molar-refractivity contribution in [1.29, 1.82) is 5.41 Å². The average molecular weight is 404 g/mol. The van der Waals surface area contributed by atoms with Gasteiger partial charge in [0.05, 0.1) is 5.69 Å². The van der Waals surface area contributed by atoms with Gasteiger partial charge in [-0.15, -0.1) is 0 Å². The molecule has 0 aliphatic carbocycles. The number of hydrogen-bond donors (Lipinski definition) is 3. The minimum atomic E-state index is -0.673. The van der Waals surface area contributed by atoms with Gasteiger partial charge in [-0.25, -0.2) is 4.79 Å². The van der Waals surface area contributed by atoms with E-state index >= 15 is 0 Å². The summed E-state index contributed by atoms with van der Waals surface area (Å²) in [4.78, 5) is 15.9. The Morgan fingerprint density at radius 3 is 2.37 bits per heavy atom. The van der Waals surface area contributed by atoms with E-state index in [2.05, 4.69) is 43.2 Å². The molecule has 2 aromatic heterocycles. The van der Waals surface area contributed by atoms with Crippen LogP contribution >= 0.6 is 0 Å². The first-order chi connectivity index (χ1) is 14.3. The summed E-state index contributed by atoms with van der Waals surface area (Å²) in [6.07, 6.45) is 7.00. The molecular formula is C24H29N5O. The summed E-state index contributed by atoms with van der Waals surface area (Å²) in [7, 11) is 0. The maximum Gasteiger partial charge on any atom is 0.324 e. The minimum absolute atomic E-state index is 0.0569. The van der Waals surface area contributed by atoms with Crippen molar-refractivity contribution in [2.45, 2.75) is 39.0 Å². The molecule has 0 bridgehead atoms. The van der Waals surface area contributed by atoms with E-state index in [9.17, 15) is 4.79 Å². The Kier molecular flexibility index (Phi) is 6.35. The second-order valence-electron chi connectivity index (χ2n) is 8.41. The number of amides is 1. The summed E-state index contributed by atoms with van der Waals surface area (Å²) >= 11 is 0. The molecular weight excluding hydrogens is 374 g/mol. The number of anilines is 1. The van der Waals surface area contributed by atoms with Gasteiger partial charge in [-0.1, -0.05) is 45.0 Å². The molecule has 30 heavy (non-hydrogen) atoms. The third-order valence-corrected chi connectivity index (χ3v) is 5.09. The molecule has 6 nitrogen and oxygen atoms in total. The molecule has 6 heteroatoms. The van der Waals surface area contributed by atoms with Crippen molar-refractivity contribution in [3.05, 3.63) is 77.7 Å². The van der Waals surface area contributed by atoms with Gasteiger partial charge in [0, 0.05) is 30.7 Å². The van der Waals surface area contributed by atoms with Crippen LogP contribution in [0.2, 0.25) is 0 Å². The number of hydrogen-bond acceptors (Lipinski definition) is 4. The Labute approximate surface area is 177 Å². The lowest BCUT2D eigenvalue weighted by Crippen LogP contribution is -2.33. The maximum atomic E-state index is 11.9. The van der Waals surface area contributed by atoms with Crippen LogP contribution in [-0.2, 0) is 11.8 Å². The Balaban J connectivity index is 1.82. The van der Waals surface area contributed by atoms with Crippen LogP contribution in [0.4, 0.5) is 10.5 Å². The maximum absolute atomic E-state index is 11.9. The van der Waals surface area contributed by atoms with E-state index in [4.69, 9.17) is 11.1 Å². The molecule has 2 heterocycles. The van der Waals surface area contributed by atoms with Crippen molar-refractivity contribution < 1.29 is 4.79 Å². The average Bonchev–Trinajstić information content (AvgIpc) is 2.72. The van der Waals surface area contributed by atoms with Crippen LogP contribution in [0, 0.1) is 5.41 Å². The lowest BCUT2D eigenvalue weighted by atomic mass is 9.86. The molecule has 0 spiro atoms. The van der Waals surface area contributed by atoms with E-state index in [1.165, 1.54) is 15.7 Å². The predicted molar refractivity (Wildman–Crippen MR) is 120 cm³/mol. The highest BCUT2D eigenvalue weighted by atomic mass is 16.2. The molecule has 0 aliphatic rings. The highest BCUT2D eigenvalue weighted by Crippen LogP contribution is 2.26. The lowest BCUT2D eigenvalue weighted by molar-refractivity contribution is 0.249. The molecule has 0 saturated heterocycles. The van der Waals surface area contributed by atoms with Crippen molar-refractivity contribution in [2.75, 3.05) is 11.9 Å². The number of nitrogens with two attached hydrogens (primary N) is 1. The monoisotopic (exact) mass is 403 g/mol. The van der Waals surface area contributed by atoms with Gasteiger partial charge in [-0.2, -0.15) is 0 Å². The van der Waals surface area contributed by atoms with Crippen LogP contribution < -0.4 is 16.5 Å². The Bertz CT molecular complexity index is 1060. The predicted octanol–water partition coefficient (Wildman–Crippen LogP) is 4.30. The van der Waals surface area contributed by atoms with Crippen molar-refractivity contribution in [3.8, 4) is 11.1 Å². The quantitative estimate of drug-likeness (QED) is 0.535. The number of aromatic nitrogens is 2. The van der Waals surface area contributed by atoms with E-state index < -0.39 is 6.03 Å². The van der Waals surface area contributed by atoms with Gasteiger partial charge in [0.15, 0.2) is 5.49 Å². The van der Waals surface area contributed by atoms with Crippen LogP contribution in [0.25, 0.3) is 11.1 Å². The third-order valence-electron chi connectivity index (χ3n) is 5.09. The summed E-state index contributed by atoms with van der Waals surface area (Å²) in [6, 6.07) is 13.5. The number of primary amides is 1. The van der Waals surface area contributed by atoms with Crippen molar-refractivity contribution in [2.24, 2.45) is 5.73 Å². The van der Waals surface area contributed by atoms with Gasteiger partial charge in [-0.05, 0) is 53.1 Å². The van der Waals surface area contributed by atoms with Crippen LogP contribution in [0.1, 0.15) is 38.3 Å². The van der Waals surface area contributed by atoms with Crippen LogP contribution in [0.5, 0.6) is 0 Å². The van der Waals surface area contributed by atoms with E-state index in [1.807, 2.05) is 30.3 Å². The Hall–Kier alpha value is -3.41. The standard InChI is InChI=1S/C24H29N5O/c1-24(2,3)20-8-6-18(7-9-20)19-15-21(22(25)29(16-19)23(26)30)28-12-4-5-17-10-13-27-14-11-17/h6-11,13-16,25,28H,4-5,12H2,1-3H3,(H2,26,30). The molecule has 156 valence electrons. The van der Waals surface area contributed by atoms with E-state index in [0.717, 1.165) is 24.0 Å². The summed E-state index contributed by atoms with van der Waals surface area (Å²) in [6.45, 7) is 7.20. The van der Waals surface area contributed by atoms with Gasteiger partial charge >= 0.3 is 6.03 Å². The molecule has 0 saturated carbocycles. The lowest BCUT2D eigenvalue weighted by Gasteiger charge is -2.19. The smallest absolute Gasteiger partial charge is 0.324 e. The van der Waals surface area contributed by atoms with Gasteiger partial charge in [0.2, 0.25) is 0 Å². The molecule has 0 unspecified atom stereocenters. The number of carbonyl (C=O) groups excluding carboxylic acids is 1. The minimum Gasteiger partial charge on any atom is -0.382 e. The third kappa shape index (κ3) is 5.14. The summed E-state index contributed by atoms with van der Waals surface area (Å²) in [5, 5.41) is 11.6. The fourth-order valence-corrected chi connectivity index (χ4v) is 3.29. The number of benzene rings is 1.